The van der Waals surface area contributed by atoms with Crippen LogP contribution in [0.3, 0.4) is 0 Å². The summed E-state index contributed by atoms with van der Waals surface area (Å²) in [5.74, 6) is -0.304. The molecule has 1 amide bonds. The number of halogens is 1. The highest BCUT2D eigenvalue weighted by Crippen LogP contribution is 2.30. The molecule has 0 spiro atoms. The van der Waals surface area contributed by atoms with Gasteiger partial charge in [0.25, 0.3) is 0 Å². The van der Waals surface area contributed by atoms with E-state index in [0.717, 1.165) is 16.9 Å². The fraction of sp³-hybridized carbons (Fsp3) is 0.375. The Hall–Kier alpha value is -1.79. The summed E-state index contributed by atoms with van der Waals surface area (Å²) in [4.78, 5) is 17.5. The molecule has 2 aromatic rings. The van der Waals surface area contributed by atoms with Gasteiger partial charge in [0, 0.05) is 24.1 Å². The average molecular weight is 320 g/mol. The number of nitrogens with zero attached hydrogens (tertiary/aromatic N) is 1. The van der Waals surface area contributed by atoms with Crippen molar-refractivity contribution in [3.8, 4) is 0 Å². The molecule has 1 aliphatic rings. The van der Waals surface area contributed by atoms with Crippen LogP contribution in [0.4, 0.5) is 9.52 Å². The van der Waals surface area contributed by atoms with Crippen LogP contribution in [0.2, 0.25) is 0 Å². The fourth-order valence-electron chi connectivity index (χ4n) is 2.39. The molecule has 1 aromatic heterocycles. The molecule has 0 aliphatic carbocycles. The minimum atomic E-state index is -0.478. The van der Waals surface area contributed by atoms with Gasteiger partial charge in [-0.2, -0.15) is 0 Å². The van der Waals surface area contributed by atoms with E-state index in [1.54, 1.807) is 12.3 Å². The number of amides is 1. The quantitative estimate of drug-likeness (QED) is 0.941. The third kappa shape index (κ3) is 3.34. The van der Waals surface area contributed by atoms with E-state index in [1.165, 1.54) is 23.5 Å². The van der Waals surface area contributed by atoms with Crippen LogP contribution in [0.15, 0.2) is 30.5 Å². The molecule has 0 saturated carbocycles. The zero-order chi connectivity index (χ0) is 15.6. The number of anilines is 1. The van der Waals surface area contributed by atoms with Gasteiger partial charge in [-0.05, 0) is 31.0 Å². The first-order chi connectivity index (χ1) is 10.5. The highest BCUT2D eigenvalue weighted by molar-refractivity contribution is 7.15. The van der Waals surface area contributed by atoms with Crippen molar-refractivity contribution in [3.05, 3.63) is 46.7 Å². The van der Waals surface area contributed by atoms with Crippen molar-refractivity contribution in [1.82, 2.24) is 4.98 Å². The lowest BCUT2D eigenvalue weighted by atomic mass is 9.89. The van der Waals surface area contributed by atoms with Gasteiger partial charge in [0.15, 0.2) is 5.13 Å². The molecule has 4 nitrogen and oxygen atoms in total. The van der Waals surface area contributed by atoms with Crippen LogP contribution in [-0.4, -0.2) is 24.1 Å². The number of carbonyl (C=O) groups excluding carboxylic acids is 1. The molecule has 1 saturated heterocycles. The van der Waals surface area contributed by atoms with Crippen molar-refractivity contribution in [3.63, 3.8) is 0 Å². The second-order valence-electron chi connectivity index (χ2n) is 5.76. The number of ether oxygens (including phenoxy) is 1. The fourth-order valence-corrected chi connectivity index (χ4v) is 3.23. The molecule has 3 rings (SSSR count). The number of thiazole rings is 1. The molecule has 1 N–H and O–H groups in total. The lowest BCUT2D eigenvalue weighted by Gasteiger charge is -2.19. The van der Waals surface area contributed by atoms with E-state index in [4.69, 9.17) is 4.74 Å². The van der Waals surface area contributed by atoms with Gasteiger partial charge in [-0.25, -0.2) is 9.37 Å². The lowest BCUT2D eigenvalue weighted by Crippen LogP contribution is -2.33. The van der Waals surface area contributed by atoms with Crippen molar-refractivity contribution >= 4 is 22.4 Å². The Morgan fingerprint density at radius 1 is 1.55 bits per heavy atom. The molecule has 0 bridgehead atoms. The summed E-state index contributed by atoms with van der Waals surface area (Å²) in [7, 11) is 0. The van der Waals surface area contributed by atoms with Gasteiger partial charge >= 0.3 is 0 Å². The largest absolute Gasteiger partial charge is 0.380 e. The van der Waals surface area contributed by atoms with Gasteiger partial charge < -0.3 is 10.1 Å². The van der Waals surface area contributed by atoms with Gasteiger partial charge in [-0.3, -0.25) is 4.79 Å². The van der Waals surface area contributed by atoms with Crippen molar-refractivity contribution < 1.29 is 13.9 Å². The number of benzene rings is 1. The predicted molar refractivity (Wildman–Crippen MR) is 83.5 cm³/mol. The predicted octanol–water partition coefficient (Wildman–Crippen LogP) is 3.24. The van der Waals surface area contributed by atoms with Gasteiger partial charge in [0.2, 0.25) is 5.91 Å². The van der Waals surface area contributed by atoms with Crippen LogP contribution in [0, 0.1) is 11.2 Å². The standard InChI is InChI=1S/C16H17FN2O2S/c1-16(5-6-21-10-16)14(20)19-15-18-9-13(22-15)8-11-3-2-4-12(17)7-11/h2-4,7,9H,5-6,8,10H2,1H3,(H,18,19,20). The molecule has 0 radical (unpaired) electrons. The molecular formula is C16H17FN2O2S. The highest BCUT2D eigenvalue weighted by Gasteiger charge is 2.37. The summed E-state index contributed by atoms with van der Waals surface area (Å²) in [5.41, 5.74) is 0.409. The number of aromatic nitrogens is 1. The SMILES string of the molecule is CC1(C(=O)Nc2ncc(Cc3cccc(F)c3)s2)CCOC1. The van der Waals surface area contributed by atoms with Crippen LogP contribution in [0.25, 0.3) is 0 Å². The van der Waals surface area contributed by atoms with Crippen molar-refractivity contribution in [1.29, 1.82) is 0 Å². The summed E-state index contributed by atoms with van der Waals surface area (Å²) in [6, 6.07) is 6.49. The molecular weight excluding hydrogens is 303 g/mol. The van der Waals surface area contributed by atoms with E-state index in [0.29, 0.717) is 24.8 Å². The van der Waals surface area contributed by atoms with Crippen LogP contribution in [0.1, 0.15) is 23.8 Å². The van der Waals surface area contributed by atoms with E-state index < -0.39 is 5.41 Å². The molecule has 1 atom stereocenters. The normalized spacial score (nSPS) is 21.0. The third-order valence-corrected chi connectivity index (χ3v) is 4.72. The maximum atomic E-state index is 13.2. The Labute approximate surface area is 132 Å². The Kier molecular flexibility index (Phi) is 4.22. The summed E-state index contributed by atoms with van der Waals surface area (Å²) in [5, 5.41) is 3.43. The van der Waals surface area contributed by atoms with Crippen molar-refractivity contribution in [2.24, 2.45) is 5.41 Å². The first-order valence-corrected chi connectivity index (χ1v) is 7.95. The Morgan fingerprint density at radius 2 is 2.41 bits per heavy atom. The number of hydrogen-bond acceptors (Lipinski definition) is 4. The third-order valence-electron chi connectivity index (χ3n) is 3.81. The first kappa shape index (κ1) is 15.1. The molecule has 116 valence electrons. The number of rotatable bonds is 4. The van der Waals surface area contributed by atoms with E-state index in [9.17, 15) is 9.18 Å². The van der Waals surface area contributed by atoms with Gasteiger partial charge in [-0.15, -0.1) is 11.3 Å². The van der Waals surface area contributed by atoms with Crippen molar-refractivity contribution in [2.45, 2.75) is 19.8 Å². The van der Waals surface area contributed by atoms with Crippen LogP contribution in [0.5, 0.6) is 0 Å². The maximum absolute atomic E-state index is 13.2. The maximum Gasteiger partial charge on any atom is 0.234 e. The first-order valence-electron chi connectivity index (χ1n) is 7.13. The van der Waals surface area contributed by atoms with Crippen LogP contribution in [-0.2, 0) is 16.0 Å². The van der Waals surface area contributed by atoms with Crippen LogP contribution < -0.4 is 5.32 Å². The summed E-state index contributed by atoms with van der Waals surface area (Å²) in [6.45, 7) is 2.96. The number of carbonyl (C=O) groups is 1. The average Bonchev–Trinajstić information content (AvgIpc) is 3.09. The topological polar surface area (TPSA) is 51.2 Å². The van der Waals surface area contributed by atoms with E-state index in [2.05, 4.69) is 10.3 Å². The van der Waals surface area contributed by atoms with Crippen molar-refractivity contribution in [2.75, 3.05) is 18.5 Å². The number of hydrogen-bond donors (Lipinski definition) is 1. The monoisotopic (exact) mass is 320 g/mol. The summed E-state index contributed by atoms with van der Waals surface area (Å²) in [6.07, 6.45) is 3.05. The summed E-state index contributed by atoms with van der Waals surface area (Å²) < 4.78 is 18.5. The molecule has 1 aliphatic heterocycles. The second kappa shape index (κ2) is 6.14. The molecule has 1 unspecified atom stereocenters. The second-order valence-corrected chi connectivity index (χ2v) is 6.87. The highest BCUT2D eigenvalue weighted by atomic mass is 32.1. The van der Waals surface area contributed by atoms with Crippen LogP contribution >= 0.6 is 11.3 Å². The zero-order valence-corrected chi connectivity index (χ0v) is 13.1. The van der Waals surface area contributed by atoms with E-state index in [-0.39, 0.29) is 11.7 Å². The van der Waals surface area contributed by atoms with E-state index >= 15 is 0 Å². The lowest BCUT2D eigenvalue weighted by molar-refractivity contribution is -0.124. The van der Waals surface area contributed by atoms with E-state index in [1.807, 2.05) is 13.0 Å². The minimum absolute atomic E-state index is 0.0587. The van der Waals surface area contributed by atoms with Gasteiger partial charge in [-0.1, -0.05) is 12.1 Å². The molecule has 1 aromatic carbocycles. The number of nitrogens with one attached hydrogen (secondary N) is 1. The summed E-state index contributed by atoms with van der Waals surface area (Å²) >= 11 is 1.41. The molecule has 1 fully saturated rings. The zero-order valence-electron chi connectivity index (χ0n) is 12.3. The Balaban J connectivity index is 1.65. The Morgan fingerprint density at radius 3 is 3.14 bits per heavy atom. The molecule has 6 heteroatoms. The molecule has 2 heterocycles. The molecule has 22 heavy (non-hydrogen) atoms. The van der Waals surface area contributed by atoms with Gasteiger partial charge in [0.1, 0.15) is 5.82 Å². The van der Waals surface area contributed by atoms with Gasteiger partial charge in [0.05, 0.1) is 12.0 Å². The Bertz CT molecular complexity index is 680. The smallest absolute Gasteiger partial charge is 0.234 e. The minimum Gasteiger partial charge on any atom is -0.380 e.